The van der Waals surface area contributed by atoms with E-state index in [2.05, 4.69) is 10.3 Å². The van der Waals surface area contributed by atoms with E-state index in [0.29, 0.717) is 24.6 Å². The van der Waals surface area contributed by atoms with Crippen molar-refractivity contribution in [2.75, 3.05) is 6.54 Å². The molecule has 3 rings (SSSR count). The van der Waals surface area contributed by atoms with Crippen molar-refractivity contribution in [1.29, 1.82) is 0 Å². The number of oxazole rings is 1. The minimum absolute atomic E-state index is 0.168. The molecule has 1 saturated carbocycles. The van der Waals surface area contributed by atoms with Gasteiger partial charge in [0.25, 0.3) is 5.91 Å². The Hall–Kier alpha value is -2.04. The zero-order valence-electron chi connectivity index (χ0n) is 10.8. The molecule has 0 spiro atoms. The molecule has 0 aromatic carbocycles. The Bertz CT molecular complexity index is 581. The second kappa shape index (κ2) is 4.91. The molecule has 1 amide bonds. The third kappa shape index (κ3) is 2.70. The number of aromatic nitrogens is 1. The maximum atomic E-state index is 12.0. The molecule has 0 atom stereocenters. The second-order valence-corrected chi connectivity index (χ2v) is 4.86. The minimum atomic E-state index is -0.168. The molecule has 5 nitrogen and oxygen atoms in total. The fourth-order valence-electron chi connectivity index (χ4n) is 2.06. The van der Waals surface area contributed by atoms with E-state index in [1.165, 1.54) is 6.39 Å². The molecule has 1 fully saturated rings. The summed E-state index contributed by atoms with van der Waals surface area (Å²) in [5, 5.41) is 2.84. The van der Waals surface area contributed by atoms with Gasteiger partial charge >= 0.3 is 0 Å². The van der Waals surface area contributed by atoms with Crippen molar-refractivity contribution in [2.24, 2.45) is 0 Å². The van der Waals surface area contributed by atoms with Crippen LogP contribution < -0.4 is 5.32 Å². The third-order valence-electron chi connectivity index (χ3n) is 3.21. The normalized spacial score (nSPS) is 14.6. The molecule has 0 bridgehead atoms. The monoisotopic (exact) mass is 260 g/mol. The van der Waals surface area contributed by atoms with Crippen molar-refractivity contribution in [3.05, 3.63) is 41.5 Å². The van der Waals surface area contributed by atoms with Crippen molar-refractivity contribution < 1.29 is 13.6 Å². The average Bonchev–Trinajstić information content (AvgIpc) is 2.97. The van der Waals surface area contributed by atoms with Crippen molar-refractivity contribution >= 4 is 5.91 Å². The molecular formula is C14H16N2O3. The summed E-state index contributed by atoms with van der Waals surface area (Å²) in [4.78, 5) is 16.0. The van der Waals surface area contributed by atoms with Gasteiger partial charge in [-0.15, -0.1) is 0 Å². The van der Waals surface area contributed by atoms with Crippen LogP contribution in [0.15, 0.2) is 27.4 Å². The van der Waals surface area contributed by atoms with Gasteiger partial charge in [0.1, 0.15) is 17.3 Å². The number of aryl methyl sites for hydroxylation is 1. The number of hydrogen-bond donors (Lipinski definition) is 1. The van der Waals surface area contributed by atoms with Gasteiger partial charge in [0.05, 0.1) is 0 Å². The Morgan fingerprint density at radius 1 is 1.47 bits per heavy atom. The van der Waals surface area contributed by atoms with Crippen LogP contribution in [0.3, 0.4) is 0 Å². The average molecular weight is 260 g/mol. The van der Waals surface area contributed by atoms with Crippen LogP contribution in [0.1, 0.15) is 46.5 Å². The first-order valence-electron chi connectivity index (χ1n) is 6.51. The highest BCUT2D eigenvalue weighted by atomic mass is 16.3. The van der Waals surface area contributed by atoms with Crippen molar-refractivity contribution in [2.45, 2.75) is 32.1 Å². The summed E-state index contributed by atoms with van der Waals surface area (Å²) >= 11 is 0. The fraction of sp³-hybridized carbons (Fsp3) is 0.429. The van der Waals surface area contributed by atoms with Crippen LogP contribution in [0.4, 0.5) is 0 Å². The van der Waals surface area contributed by atoms with E-state index in [1.807, 2.05) is 19.1 Å². The van der Waals surface area contributed by atoms with Crippen molar-refractivity contribution in [3.8, 4) is 0 Å². The molecule has 0 saturated heterocycles. The Morgan fingerprint density at radius 2 is 2.32 bits per heavy atom. The molecule has 1 aliphatic rings. The Balaban J connectivity index is 1.54. The quantitative estimate of drug-likeness (QED) is 0.896. The van der Waals surface area contributed by atoms with Gasteiger partial charge in [-0.1, -0.05) is 0 Å². The molecular weight excluding hydrogens is 244 g/mol. The maximum absolute atomic E-state index is 12.0. The Kier molecular flexibility index (Phi) is 3.11. The van der Waals surface area contributed by atoms with Crippen molar-refractivity contribution in [3.63, 3.8) is 0 Å². The topological polar surface area (TPSA) is 68.3 Å². The van der Waals surface area contributed by atoms with Crippen LogP contribution in [-0.4, -0.2) is 17.4 Å². The van der Waals surface area contributed by atoms with Crippen LogP contribution in [0.5, 0.6) is 0 Å². The summed E-state index contributed by atoms with van der Waals surface area (Å²) < 4.78 is 10.7. The first-order chi connectivity index (χ1) is 9.24. The molecule has 2 aromatic heterocycles. The van der Waals surface area contributed by atoms with E-state index in [0.717, 1.165) is 30.1 Å². The molecule has 1 aliphatic carbocycles. The van der Waals surface area contributed by atoms with Crippen LogP contribution in [0.2, 0.25) is 0 Å². The van der Waals surface area contributed by atoms with Gasteiger partial charge in [0.15, 0.2) is 12.1 Å². The van der Waals surface area contributed by atoms with Gasteiger partial charge in [0, 0.05) is 18.9 Å². The number of furan rings is 1. The summed E-state index contributed by atoms with van der Waals surface area (Å²) in [5.74, 6) is 2.70. The summed E-state index contributed by atoms with van der Waals surface area (Å²) in [6, 6.07) is 3.84. The second-order valence-electron chi connectivity index (χ2n) is 4.86. The summed E-state index contributed by atoms with van der Waals surface area (Å²) in [6.45, 7) is 2.43. The molecule has 100 valence electrons. The lowest BCUT2D eigenvalue weighted by Gasteiger charge is -2.02. The van der Waals surface area contributed by atoms with Gasteiger partial charge in [-0.3, -0.25) is 4.79 Å². The SMILES string of the molecule is Cc1ccc(CCNC(=O)c2ncoc2C2CC2)o1. The van der Waals surface area contributed by atoms with E-state index in [1.54, 1.807) is 0 Å². The predicted molar refractivity (Wildman–Crippen MR) is 68.0 cm³/mol. The van der Waals surface area contributed by atoms with E-state index >= 15 is 0 Å². The highest BCUT2D eigenvalue weighted by Gasteiger charge is 2.32. The standard InChI is InChI=1S/C14H16N2O3/c1-9-2-5-11(19-9)6-7-15-14(17)12-13(10-3-4-10)18-8-16-12/h2,5,8,10H,3-4,6-7H2,1H3,(H,15,17). The maximum Gasteiger partial charge on any atom is 0.273 e. The molecule has 19 heavy (non-hydrogen) atoms. The van der Waals surface area contributed by atoms with Gasteiger partial charge in [-0.25, -0.2) is 4.98 Å². The summed E-state index contributed by atoms with van der Waals surface area (Å²) in [5.41, 5.74) is 0.429. The van der Waals surface area contributed by atoms with E-state index in [9.17, 15) is 4.79 Å². The third-order valence-corrected chi connectivity index (χ3v) is 3.21. The highest BCUT2D eigenvalue weighted by molar-refractivity contribution is 5.93. The van der Waals surface area contributed by atoms with Crippen LogP contribution in [0, 0.1) is 6.92 Å². The Morgan fingerprint density at radius 3 is 3.00 bits per heavy atom. The van der Waals surface area contributed by atoms with E-state index < -0.39 is 0 Å². The smallest absolute Gasteiger partial charge is 0.273 e. The van der Waals surface area contributed by atoms with Gasteiger partial charge < -0.3 is 14.2 Å². The number of carbonyl (C=O) groups excluding carboxylic acids is 1. The summed E-state index contributed by atoms with van der Waals surface area (Å²) in [6.07, 6.45) is 4.19. The van der Waals surface area contributed by atoms with Crippen LogP contribution >= 0.6 is 0 Å². The molecule has 1 N–H and O–H groups in total. The molecule has 0 unspecified atom stereocenters. The van der Waals surface area contributed by atoms with Gasteiger partial charge in [-0.2, -0.15) is 0 Å². The number of hydrogen-bond acceptors (Lipinski definition) is 4. The molecule has 2 heterocycles. The minimum Gasteiger partial charge on any atom is -0.466 e. The summed E-state index contributed by atoms with van der Waals surface area (Å²) in [7, 11) is 0. The van der Waals surface area contributed by atoms with Gasteiger partial charge in [-0.05, 0) is 31.9 Å². The van der Waals surface area contributed by atoms with E-state index in [4.69, 9.17) is 8.83 Å². The zero-order valence-corrected chi connectivity index (χ0v) is 10.8. The number of nitrogens with zero attached hydrogens (tertiary/aromatic N) is 1. The van der Waals surface area contributed by atoms with Crippen LogP contribution in [0.25, 0.3) is 0 Å². The molecule has 2 aromatic rings. The zero-order chi connectivity index (χ0) is 13.2. The number of nitrogens with one attached hydrogen (secondary N) is 1. The molecule has 5 heteroatoms. The largest absolute Gasteiger partial charge is 0.466 e. The number of amides is 1. The molecule has 0 aliphatic heterocycles. The lowest BCUT2D eigenvalue weighted by atomic mass is 10.2. The number of rotatable bonds is 5. The molecule has 0 radical (unpaired) electrons. The van der Waals surface area contributed by atoms with Crippen LogP contribution in [-0.2, 0) is 6.42 Å². The fourth-order valence-corrected chi connectivity index (χ4v) is 2.06. The lowest BCUT2D eigenvalue weighted by Crippen LogP contribution is -2.26. The first-order valence-corrected chi connectivity index (χ1v) is 6.51. The van der Waals surface area contributed by atoms with Crippen molar-refractivity contribution in [1.82, 2.24) is 10.3 Å². The predicted octanol–water partition coefficient (Wildman–Crippen LogP) is 2.43. The van der Waals surface area contributed by atoms with Gasteiger partial charge in [0.2, 0.25) is 0 Å². The highest BCUT2D eigenvalue weighted by Crippen LogP contribution is 2.41. The number of carbonyl (C=O) groups is 1. The lowest BCUT2D eigenvalue weighted by molar-refractivity contribution is 0.0947. The van der Waals surface area contributed by atoms with E-state index in [-0.39, 0.29) is 5.91 Å². The first kappa shape index (κ1) is 12.0. The Labute approximate surface area is 111 Å².